The summed E-state index contributed by atoms with van der Waals surface area (Å²) in [6, 6.07) is 13.5. The second kappa shape index (κ2) is 20.2. The highest BCUT2D eigenvalue weighted by molar-refractivity contribution is 7.90. The van der Waals surface area contributed by atoms with E-state index in [2.05, 4.69) is 37.8 Å². The maximum absolute atomic E-state index is 12.8. The molecule has 2 aromatic heterocycles. The van der Waals surface area contributed by atoms with E-state index in [-0.39, 0.29) is 60.5 Å². The highest BCUT2D eigenvalue weighted by Crippen LogP contribution is 2.40. The first-order chi connectivity index (χ1) is 29.2. The van der Waals surface area contributed by atoms with Crippen molar-refractivity contribution < 1.29 is 37.1 Å². The SMILES string of the molecule is COc1ccc2c(O[C@@H]3C[C@@H](C(N)=O)N(C(=O)CCNC(C)=O)C3)cc(-c3csc(NC(C)C)n3)nc2c1.O=C1NS(=O)(=O)c2ccccc2NCCCCC/C=C\[C@@H]2C[C@H]12. The molecule has 4 atom stereocenters. The summed E-state index contributed by atoms with van der Waals surface area (Å²) < 4.78 is 39.1. The molecule has 2 fully saturated rings. The van der Waals surface area contributed by atoms with Crippen LogP contribution >= 0.6 is 11.3 Å². The summed E-state index contributed by atoms with van der Waals surface area (Å²) in [7, 11) is -2.25. The van der Waals surface area contributed by atoms with E-state index in [1.54, 1.807) is 25.3 Å². The minimum absolute atomic E-state index is 0.0643. The largest absolute Gasteiger partial charge is 0.497 e. The Balaban J connectivity index is 0.000000230. The van der Waals surface area contributed by atoms with E-state index in [0.29, 0.717) is 34.1 Å². The summed E-state index contributed by atoms with van der Waals surface area (Å²) >= 11 is 1.49. The molecular weight excluding hydrogens is 821 g/mol. The number of allylic oxidation sites excluding steroid dienone is 2. The number of carbonyl (C=O) groups excluding carboxylic acids is 4. The van der Waals surface area contributed by atoms with E-state index in [1.165, 1.54) is 29.2 Å². The van der Waals surface area contributed by atoms with Crippen LogP contribution in [-0.4, -0.2) is 91.8 Å². The average molecular weight is 875 g/mol. The number of para-hydroxylation sites is 1. The lowest BCUT2D eigenvalue weighted by Gasteiger charge is -2.22. The van der Waals surface area contributed by atoms with Gasteiger partial charge in [-0.3, -0.25) is 19.2 Å². The van der Waals surface area contributed by atoms with E-state index in [9.17, 15) is 27.6 Å². The van der Waals surface area contributed by atoms with Crippen molar-refractivity contribution in [2.75, 3.05) is 37.4 Å². The number of rotatable bonds is 10. The number of aromatic nitrogens is 2. The molecule has 0 unspecified atom stereocenters. The smallest absolute Gasteiger partial charge is 0.266 e. The lowest BCUT2D eigenvalue weighted by atomic mass is 10.1. The quantitative estimate of drug-likeness (QED) is 0.130. The topological polar surface area (TPSA) is 224 Å². The zero-order valence-electron chi connectivity index (χ0n) is 34.8. The molecule has 0 spiro atoms. The molecule has 18 heteroatoms. The number of ether oxygens (including phenoxy) is 2. The van der Waals surface area contributed by atoms with Crippen molar-refractivity contribution in [1.29, 1.82) is 0 Å². The van der Waals surface area contributed by atoms with E-state index in [4.69, 9.17) is 20.2 Å². The Kier molecular flexibility index (Phi) is 14.8. The molecule has 2 aromatic carbocycles. The number of methoxy groups -OCH3 is 1. The number of amides is 4. The van der Waals surface area contributed by atoms with Crippen LogP contribution in [0.4, 0.5) is 10.8 Å². The molecule has 4 aromatic rings. The van der Waals surface area contributed by atoms with Gasteiger partial charge in [0, 0.05) is 67.7 Å². The highest BCUT2D eigenvalue weighted by Gasteiger charge is 2.43. The van der Waals surface area contributed by atoms with Crippen molar-refractivity contribution in [3.05, 3.63) is 66.1 Å². The number of sulfonamides is 1. The molecule has 16 nitrogen and oxygen atoms in total. The van der Waals surface area contributed by atoms with Crippen LogP contribution in [0.5, 0.6) is 11.5 Å². The number of carbonyl (C=O) groups is 4. The third-order valence-electron chi connectivity index (χ3n) is 10.4. The highest BCUT2D eigenvalue weighted by atomic mass is 32.2. The Labute approximate surface area is 360 Å². The van der Waals surface area contributed by atoms with Crippen LogP contribution in [0.15, 0.2) is 71.0 Å². The van der Waals surface area contributed by atoms with E-state index in [1.807, 2.05) is 43.5 Å². The van der Waals surface area contributed by atoms with Crippen molar-refractivity contribution in [2.24, 2.45) is 17.6 Å². The number of nitrogens with two attached hydrogens (primary N) is 1. The van der Waals surface area contributed by atoms with Crippen LogP contribution in [0.1, 0.15) is 65.7 Å². The van der Waals surface area contributed by atoms with E-state index in [0.717, 1.165) is 49.2 Å². The van der Waals surface area contributed by atoms with Gasteiger partial charge in [0.2, 0.25) is 23.6 Å². The molecule has 326 valence electrons. The van der Waals surface area contributed by atoms with Gasteiger partial charge in [0.25, 0.3) is 10.0 Å². The number of thiazole rings is 1. The number of pyridine rings is 1. The summed E-state index contributed by atoms with van der Waals surface area (Å²) in [6.45, 7) is 6.57. The number of nitrogens with zero attached hydrogens (tertiary/aromatic N) is 3. The van der Waals surface area contributed by atoms with Gasteiger partial charge in [-0.15, -0.1) is 11.3 Å². The van der Waals surface area contributed by atoms with Gasteiger partial charge in [0.15, 0.2) is 5.13 Å². The predicted molar refractivity (Wildman–Crippen MR) is 235 cm³/mol. The number of hydrogen-bond acceptors (Lipinski definition) is 13. The second-order valence-corrected chi connectivity index (χ2v) is 18.1. The second-order valence-electron chi connectivity index (χ2n) is 15.6. The van der Waals surface area contributed by atoms with Gasteiger partial charge < -0.3 is 36.1 Å². The molecule has 1 saturated heterocycles. The van der Waals surface area contributed by atoms with Crippen molar-refractivity contribution in [3.63, 3.8) is 0 Å². The van der Waals surface area contributed by atoms with Gasteiger partial charge in [0.1, 0.15) is 34.2 Å². The lowest BCUT2D eigenvalue weighted by Crippen LogP contribution is -2.44. The molecule has 7 rings (SSSR count). The van der Waals surface area contributed by atoms with Crippen molar-refractivity contribution in [1.82, 2.24) is 24.9 Å². The fourth-order valence-corrected chi connectivity index (χ4v) is 9.30. The van der Waals surface area contributed by atoms with Crippen LogP contribution in [-0.2, 0) is 29.2 Å². The Hall–Kier alpha value is -5.75. The number of benzene rings is 2. The molecule has 61 heavy (non-hydrogen) atoms. The van der Waals surface area contributed by atoms with Crippen LogP contribution in [0.25, 0.3) is 22.3 Å². The standard InChI is InChI=1S/C26H32N6O5S.C17H22N2O3S/c1-14(2)29-26-31-21(13-38-26)20-11-23(18-6-5-16(36-4)9-19(18)30-20)37-17-10-22(25(27)35)32(12-17)24(34)7-8-28-15(3)33;20-17-14-12-13(14)8-4-2-1-3-7-11-18-15-9-5-6-10-16(15)23(21,22)19-17/h5-6,9,11,13-14,17,22H,7-8,10,12H2,1-4H3,(H2,27,35)(H,28,33)(H,29,31);4-6,8-10,13-14,18H,1-3,7,11-12H2,(H,19,20)/b;8-4-/t17-,22+;13-,14+/m11/s1. The predicted octanol–water partition coefficient (Wildman–Crippen LogP) is 5.22. The molecule has 3 aliphatic rings. The van der Waals surface area contributed by atoms with Crippen LogP contribution in [0.2, 0.25) is 0 Å². The number of primary amides is 1. The van der Waals surface area contributed by atoms with E-state index < -0.39 is 34.0 Å². The van der Waals surface area contributed by atoms with Crippen molar-refractivity contribution >= 4 is 66.7 Å². The molecule has 4 amide bonds. The first-order valence-electron chi connectivity index (χ1n) is 20.5. The normalized spacial score (nSPS) is 21.5. The molecule has 6 N–H and O–H groups in total. The van der Waals surface area contributed by atoms with Gasteiger partial charge in [0.05, 0.1) is 30.6 Å². The molecule has 0 radical (unpaired) electrons. The van der Waals surface area contributed by atoms with Gasteiger partial charge in [-0.05, 0) is 69.7 Å². The van der Waals surface area contributed by atoms with Crippen LogP contribution in [0, 0.1) is 11.8 Å². The minimum atomic E-state index is -3.84. The summed E-state index contributed by atoms with van der Waals surface area (Å²) in [5.74, 6) is -0.317. The summed E-state index contributed by atoms with van der Waals surface area (Å²) in [6.07, 6.45) is 8.98. The van der Waals surface area contributed by atoms with Gasteiger partial charge >= 0.3 is 0 Å². The maximum Gasteiger partial charge on any atom is 0.266 e. The summed E-state index contributed by atoms with van der Waals surface area (Å²) in [5.41, 5.74) is 8.16. The molecule has 2 aliphatic heterocycles. The number of likely N-dealkylation sites (tertiary alicyclic amines) is 1. The van der Waals surface area contributed by atoms with Gasteiger partial charge in [-0.2, -0.15) is 0 Å². The van der Waals surface area contributed by atoms with Crippen molar-refractivity contribution in [2.45, 2.75) is 88.8 Å². The summed E-state index contributed by atoms with van der Waals surface area (Å²) in [5, 5.41) is 12.6. The van der Waals surface area contributed by atoms with Crippen LogP contribution in [0.3, 0.4) is 0 Å². The zero-order chi connectivity index (χ0) is 43.7. The Morgan fingerprint density at radius 1 is 1.05 bits per heavy atom. The van der Waals surface area contributed by atoms with E-state index >= 15 is 0 Å². The van der Waals surface area contributed by atoms with Gasteiger partial charge in [-0.25, -0.2) is 23.1 Å². The maximum atomic E-state index is 12.8. The Bertz CT molecular complexity index is 2370. The molecule has 1 aliphatic carbocycles. The minimum Gasteiger partial charge on any atom is -0.497 e. The lowest BCUT2D eigenvalue weighted by molar-refractivity contribution is -0.137. The number of nitrogens with one attached hydrogen (secondary N) is 4. The molecular formula is C43H54N8O8S2. The molecule has 1 saturated carbocycles. The monoisotopic (exact) mass is 874 g/mol. The fraction of sp³-hybridized carbons (Fsp3) is 0.442. The zero-order valence-corrected chi connectivity index (χ0v) is 36.4. The fourth-order valence-electron chi connectivity index (χ4n) is 7.23. The van der Waals surface area contributed by atoms with Crippen molar-refractivity contribution in [3.8, 4) is 22.9 Å². The molecule has 0 bridgehead atoms. The first kappa shape index (κ1) is 44.8. The number of hydrogen-bond donors (Lipinski definition) is 5. The average Bonchev–Trinajstić information content (AvgIpc) is 3.63. The Morgan fingerprint density at radius 3 is 2.61 bits per heavy atom. The molecule has 4 heterocycles. The van der Waals surface area contributed by atoms with Gasteiger partial charge in [-0.1, -0.05) is 30.7 Å². The third-order valence-corrected chi connectivity index (χ3v) is 12.6. The van der Waals surface area contributed by atoms with Crippen LogP contribution < -0.4 is 35.9 Å². The first-order valence-corrected chi connectivity index (χ1v) is 22.9. The number of anilines is 2. The number of fused-ring (bicyclic) bond motifs is 3. The third kappa shape index (κ3) is 12.0. The summed E-state index contributed by atoms with van der Waals surface area (Å²) in [4.78, 5) is 59.3. The Morgan fingerprint density at radius 2 is 1.85 bits per heavy atom.